The first-order valence-electron chi connectivity index (χ1n) is 5.02. The fourth-order valence-corrected chi connectivity index (χ4v) is 2.74. The van der Waals surface area contributed by atoms with E-state index < -0.39 is 0 Å². The molecule has 3 rings (SSSR count). The second-order valence-electron chi connectivity index (χ2n) is 3.50. The summed E-state index contributed by atoms with van der Waals surface area (Å²) in [7, 11) is 0. The van der Waals surface area contributed by atoms with E-state index in [2.05, 4.69) is 17.3 Å². The maximum Gasteiger partial charge on any atom is 0.178 e. The lowest BCUT2D eigenvalue weighted by Gasteiger charge is -1.94. The highest BCUT2D eigenvalue weighted by molar-refractivity contribution is 7.22. The summed E-state index contributed by atoms with van der Waals surface area (Å²) in [5.74, 6) is 0. The third-order valence-corrected chi connectivity index (χ3v) is 3.68. The zero-order valence-electron chi connectivity index (χ0n) is 8.51. The van der Waals surface area contributed by atoms with E-state index in [1.54, 1.807) is 11.3 Å². The van der Waals surface area contributed by atoms with Crippen molar-refractivity contribution in [1.82, 2.24) is 5.16 Å². The molecule has 0 aliphatic rings. The lowest BCUT2D eigenvalue weighted by atomic mass is 10.2. The zero-order valence-corrected chi connectivity index (χ0v) is 9.33. The van der Waals surface area contributed by atoms with Crippen LogP contribution in [0, 0.1) is 0 Å². The Morgan fingerprint density at radius 1 is 1.25 bits per heavy atom. The van der Waals surface area contributed by atoms with Crippen LogP contribution < -0.4 is 5.73 Å². The molecule has 2 N–H and O–H groups in total. The van der Waals surface area contributed by atoms with Gasteiger partial charge in [0.15, 0.2) is 5.58 Å². The fourth-order valence-electron chi connectivity index (χ4n) is 1.66. The molecule has 16 heavy (non-hydrogen) atoms. The highest BCUT2D eigenvalue weighted by atomic mass is 32.1. The first-order chi connectivity index (χ1) is 7.88. The van der Waals surface area contributed by atoms with Crippen molar-refractivity contribution in [3.05, 3.63) is 42.1 Å². The lowest BCUT2D eigenvalue weighted by Crippen LogP contribution is -1.95. The first kappa shape index (κ1) is 9.57. The molecule has 0 spiro atoms. The number of hydrogen-bond donors (Lipinski definition) is 1. The van der Waals surface area contributed by atoms with E-state index in [1.165, 1.54) is 10.4 Å². The maximum atomic E-state index is 5.59. The first-order valence-corrected chi connectivity index (χ1v) is 5.83. The van der Waals surface area contributed by atoms with Gasteiger partial charge < -0.3 is 10.3 Å². The molecule has 0 fully saturated rings. The van der Waals surface area contributed by atoms with Gasteiger partial charge in [-0.2, -0.15) is 0 Å². The number of nitrogens with two attached hydrogens (primary N) is 1. The predicted octanol–water partition coefficient (Wildman–Crippen LogP) is 3.02. The summed E-state index contributed by atoms with van der Waals surface area (Å²) < 4.78 is 6.28. The van der Waals surface area contributed by atoms with Gasteiger partial charge in [0.25, 0.3) is 0 Å². The summed E-state index contributed by atoms with van der Waals surface area (Å²) in [6.45, 7) is 0.418. The molecule has 80 valence electrons. The van der Waals surface area contributed by atoms with E-state index in [-0.39, 0.29) is 0 Å². The third-order valence-electron chi connectivity index (χ3n) is 2.47. The Morgan fingerprint density at radius 3 is 2.81 bits per heavy atom. The topological polar surface area (TPSA) is 52.0 Å². The molecule has 4 heteroatoms. The van der Waals surface area contributed by atoms with Crippen LogP contribution in [0.1, 0.15) is 5.69 Å². The molecule has 2 heterocycles. The molecular formula is C12H10N2OS. The largest absolute Gasteiger partial charge is 0.355 e. The summed E-state index contributed by atoms with van der Waals surface area (Å²) in [6, 6.07) is 12.2. The van der Waals surface area contributed by atoms with Crippen LogP contribution in [-0.2, 0) is 6.54 Å². The summed E-state index contributed by atoms with van der Waals surface area (Å²) in [4.78, 5) is 1.19. The minimum atomic E-state index is 0.418. The van der Waals surface area contributed by atoms with Gasteiger partial charge in [-0.3, -0.25) is 0 Å². The van der Waals surface area contributed by atoms with Crippen molar-refractivity contribution in [2.45, 2.75) is 6.54 Å². The van der Waals surface area contributed by atoms with Gasteiger partial charge in [0.05, 0.1) is 4.70 Å². The van der Waals surface area contributed by atoms with Crippen LogP contribution in [0.15, 0.2) is 40.9 Å². The Kier molecular flexibility index (Phi) is 2.23. The van der Waals surface area contributed by atoms with Gasteiger partial charge in [-0.1, -0.05) is 35.5 Å². The minimum Gasteiger partial charge on any atom is -0.355 e. The number of rotatable bonds is 2. The van der Waals surface area contributed by atoms with Crippen LogP contribution in [-0.4, -0.2) is 5.16 Å². The van der Waals surface area contributed by atoms with Crippen LogP contribution >= 0.6 is 11.3 Å². The van der Waals surface area contributed by atoms with Crippen molar-refractivity contribution in [3.63, 3.8) is 0 Å². The summed E-state index contributed by atoms with van der Waals surface area (Å²) in [5, 5.41) is 3.92. The van der Waals surface area contributed by atoms with E-state index in [4.69, 9.17) is 10.3 Å². The van der Waals surface area contributed by atoms with Crippen LogP contribution in [0.5, 0.6) is 0 Å². The predicted molar refractivity (Wildman–Crippen MR) is 65.2 cm³/mol. The van der Waals surface area contributed by atoms with Crippen LogP contribution in [0.25, 0.3) is 20.7 Å². The highest BCUT2D eigenvalue weighted by Gasteiger charge is 2.12. The van der Waals surface area contributed by atoms with E-state index in [1.807, 2.05) is 24.3 Å². The summed E-state index contributed by atoms with van der Waals surface area (Å²) >= 11 is 1.67. The molecule has 3 aromatic rings. The molecule has 0 aliphatic carbocycles. The number of hydrogen-bond acceptors (Lipinski definition) is 4. The molecule has 0 bridgehead atoms. The fraction of sp³-hybridized carbons (Fsp3) is 0.0833. The van der Waals surface area contributed by atoms with Crippen LogP contribution in [0.2, 0.25) is 0 Å². The molecule has 2 aromatic heterocycles. The third kappa shape index (κ3) is 1.43. The molecule has 0 saturated heterocycles. The molecule has 0 aliphatic heterocycles. The number of fused-ring (bicyclic) bond motifs is 1. The summed E-state index contributed by atoms with van der Waals surface area (Å²) in [6.07, 6.45) is 0. The standard InChI is InChI=1S/C12H10N2OS/c13-7-9-12-10(15-14-9)6-11(16-12)8-4-2-1-3-5-8/h1-6H,7,13H2. The van der Waals surface area contributed by atoms with Crippen molar-refractivity contribution in [2.24, 2.45) is 5.73 Å². The summed E-state index contributed by atoms with van der Waals surface area (Å²) in [5.41, 5.74) is 8.45. The van der Waals surface area contributed by atoms with E-state index in [0.717, 1.165) is 16.0 Å². The van der Waals surface area contributed by atoms with Crippen molar-refractivity contribution >= 4 is 21.6 Å². The molecule has 0 unspecified atom stereocenters. The van der Waals surface area contributed by atoms with Crippen LogP contribution in [0.3, 0.4) is 0 Å². The van der Waals surface area contributed by atoms with E-state index >= 15 is 0 Å². The van der Waals surface area contributed by atoms with E-state index in [9.17, 15) is 0 Å². The van der Waals surface area contributed by atoms with Gasteiger partial charge in [0.2, 0.25) is 0 Å². The Hall–Kier alpha value is -1.65. The van der Waals surface area contributed by atoms with E-state index in [0.29, 0.717) is 6.54 Å². The maximum absolute atomic E-state index is 5.59. The second kappa shape index (κ2) is 3.73. The normalized spacial score (nSPS) is 11.1. The van der Waals surface area contributed by atoms with Gasteiger partial charge in [-0.25, -0.2) is 0 Å². The Balaban J connectivity index is 2.16. The number of thiophene rings is 1. The smallest absolute Gasteiger partial charge is 0.178 e. The molecule has 1 aromatic carbocycles. The van der Waals surface area contributed by atoms with Gasteiger partial charge in [-0.15, -0.1) is 11.3 Å². The Morgan fingerprint density at radius 2 is 2.06 bits per heavy atom. The zero-order chi connectivity index (χ0) is 11.0. The number of benzene rings is 1. The molecule has 0 atom stereocenters. The minimum absolute atomic E-state index is 0.418. The monoisotopic (exact) mass is 230 g/mol. The molecule has 0 saturated carbocycles. The van der Waals surface area contributed by atoms with Crippen molar-refractivity contribution in [2.75, 3.05) is 0 Å². The number of nitrogens with zero attached hydrogens (tertiary/aromatic N) is 1. The lowest BCUT2D eigenvalue weighted by molar-refractivity contribution is 0.446. The van der Waals surface area contributed by atoms with Gasteiger partial charge in [0, 0.05) is 17.5 Å². The van der Waals surface area contributed by atoms with Crippen molar-refractivity contribution < 1.29 is 4.52 Å². The Labute approximate surface area is 96.5 Å². The quantitative estimate of drug-likeness (QED) is 0.736. The van der Waals surface area contributed by atoms with Crippen molar-refractivity contribution in [3.8, 4) is 10.4 Å². The SMILES string of the molecule is NCc1noc2cc(-c3ccccc3)sc12. The molecular weight excluding hydrogens is 220 g/mol. The average molecular weight is 230 g/mol. The van der Waals surface area contributed by atoms with Crippen LogP contribution in [0.4, 0.5) is 0 Å². The van der Waals surface area contributed by atoms with Gasteiger partial charge in [-0.05, 0) is 5.56 Å². The average Bonchev–Trinajstić information content (AvgIpc) is 2.89. The molecule has 3 nitrogen and oxygen atoms in total. The van der Waals surface area contributed by atoms with Gasteiger partial charge in [0.1, 0.15) is 5.69 Å². The molecule has 0 amide bonds. The van der Waals surface area contributed by atoms with Crippen molar-refractivity contribution in [1.29, 1.82) is 0 Å². The Bertz CT molecular complexity index is 612. The molecule has 0 radical (unpaired) electrons. The van der Waals surface area contributed by atoms with Gasteiger partial charge >= 0.3 is 0 Å². The number of aromatic nitrogens is 1. The highest BCUT2D eigenvalue weighted by Crippen LogP contribution is 2.35. The second-order valence-corrected chi connectivity index (χ2v) is 4.56.